The van der Waals surface area contributed by atoms with Gasteiger partial charge in [0, 0.05) is 24.2 Å². The quantitative estimate of drug-likeness (QED) is 0.896. The van der Waals surface area contributed by atoms with Gasteiger partial charge in [0.1, 0.15) is 11.6 Å². The van der Waals surface area contributed by atoms with Crippen molar-refractivity contribution in [2.75, 3.05) is 19.6 Å². The number of halogens is 2. The molecule has 1 heterocycles. The minimum atomic E-state index is -0.557. The molecule has 1 saturated heterocycles. The van der Waals surface area contributed by atoms with Crippen LogP contribution in [-0.2, 0) is 0 Å². The van der Waals surface area contributed by atoms with Crippen molar-refractivity contribution in [2.45, 2.75) is 38.6 Å². The number of likely N-dealkylation sites (tertiary alicyclic amines) is 1. The summed E-state index contributed by atoms with van der Waals surface area (Å²) >= 11 is 0. The normalized spacial score (nSPS) is 19.2. The summed E-state index contributed by atoms with van der Waals surface area (Å²) in [5.74, 6) is -0.271. The number of piperidine rings is 1. The van der Waals surface area contributed by atoms with E-state index >= 15 is 0 Å². The molecular formula is C16H24F2N2. The molecule has 20 heavy (non-hydrogen) atoms. The van der Waals surface area contributed by atoms with Crippen molar-refractivity contribution < 1.29 is 8.78 Å². The Morgan fingerprint density at radius 1 is 1.30 bits per heavy atom. The molecule has 1 unspecified atom stereocenters. The van der Waals surface area contributed by atoms with Crippen molar-refractivity contribution in [1.29, 1.82) is 0 Å². The van der Waals surface area contributed by atoms with Crippen LogP contribution < -0.4 is 5.73 Å². The highest BCUT2D eigenvalue weighted by molar-refractivity contribution is 5.22. The third-order valence-electron chi connectivity index (χ3n) is 4.22. The molecule has 2 nitrogen and oxygen atoms in total. The van der Waals surface area contributed by atoms with E-state index in [9.17, 15) is 8.78 Å². The molecule has 1 aromatic rings. The summed E-state index contributed by atoms with van der Waals surface area (Å²) in [5, 5.41) is 0. The van der Waals surface area contributed by atoms with Crippen LogP contribution in [0.25, 0.3) is 0 Å². The van der Waals surface area contributed by atoms with Crippen LogP contribution in [0.4, 0.5) is 8.78 Å². The molecule has 1 fully saturated rings. The van der Waals surface area contributed by atoms with Crippen molar-refractivity contribution in [3.05, 3.63) is 35.4 Å². The molecule has 1 aliphatic heterocycles. The van der Waals surface area contributed by atoms with Crippen molar-refractivity contribution in [3.63, 3.8) is 0 Å². The fourth-order valence-electron chi connectivity index (χ4n) is 3.04. The van der Waals surface area contributed by atoms with Gasteiger partial charge in [-0.15, -0.1) is 0 Å². The van der Waals surface area contributed by atoms with E-state index in [1.807, 2.05) is 0 Å². The van der Waals surface area contributed by atoms with Crippen molar-refractivity contribution in [3.8, 4) is 0 Å². The van der Waals surface area contributed by atoms with Gasteiger partial charge in [0.25, 0.3) is 0 Å². The molecule has 0 bridgehead atoms. The maximum absolute atomic E-state index is 13.7. The third kappa shape index (κ3) is 4.00. The van der Waals surface area contributed by atoms with E-state index in [-0.39, 0.29) is 0 Å². The molecule has 0 saturated carbocycles. The first-order valence-electron chi connectivity index (χ1n) is 7.53. The highest BCUT2D eigenvalue weighted by Gasteiger charge is 2.21. The van der Waals surface area contributed by atoms with Crippen LogP contribution in [0.5, 0.6) is 0 Å². The molecular weight excluding hydrogens is 258 g/mol. The Labute approximate surface area is 120 Å². The smallest absolute Gasteiger partial charge is 0.130 e. The lowest BCUT2D eigenvalue weighted by Gasteiger charge is -2.33. The van der Waals surface area contributed by atoms with Crippen molar-refractivity contribution >= 4 is 0 Å². The molecule has 0 aliphatic carbocycles. The molecule has 112 valence electrons. The fraction of sp³-hybridized carbons (Fsp3) is 0.625. The lowest BCUT2D eigenvalue weighted by Crippen LogP contribution is -2.38. The zero-order chi connectivity index (χ0) is 14.5. The van der Waals surface area contributed by atoms with Crippen LogP contribution >= 0.6 is 0 Å². The molecule has 2 N–H and O–H groups in total. The third-order valence-corrected chi connectivity index (χ3v) is 4.22. The largest absolute Gasteiger partial charge is 0.323 e. The average Bonchev–Trinajstić information content (AvgIpc) is 2.41. The number of hydrogen-bond acceptors (Lipinski definition) is 2. The zero-order valence-electron chi connectivity index (χ0n) is 12.1. The van der Waals surface area contributed by atoms with Gasteiger partial charge in [0.05, 0.1) is 0 Å². The Morgan fingerprint density at radius 2 is 2.00 bits per heavy atom. The van der Waals surface area contributed by atoms with Crippen LogP contribution in [0.1, 0.15) is 44.2 Å². The van der Waals surface area contributed by atoms with Gasteiger partial charge < -0.3 is 10.6 Å². The molecule has 0 amide bonds. The second-order valence-electron chi connectivity index (χ2n) is 5.80. The Kier molecular flexibility index (Phi) is 5.49. The lowest BCUT2D eigenvalue weighted by atomic mass is 9.92. The number of hydrogen-bond donors (Lipinski definition) is 1. The first-order valence-corrected chi connectivity index (χ1v) is 7.53. The van der Waals surface area contributed by atoms with E-state index in [4.69, 9.17) is 5.73 Å². The van der Waals surface area contributed by atoms with Gasteiger partial charge >= 0.3 is 0 Å². The van der Waals surface area contributed by atoms with Crippen LogP contribution in [0, 0.1) is 17.6 Å². The van der Waals surface area contributed by atoms with Gasteiger partial charge in [-0.2, -0.15) is 0 Å². The van der Waals surface area contributed by atoms with Gasteiger partial charge in [0.15, 0.2) is 0 Å². The summed E-state index contributed by atoms with van der Waals surface area (Å²) in [6.07, 6.45) is 4.94. The second-order valence-corrected chi connectivity index (χ2v) is 5.80. The van der Waals surface area contributed by atoms with Crippen molar-refractivity contribution in [2.24, 2.45) is 11.7 Å². The summed E-state index contributed by atoms with van der Waals surface area (Å²) in [4.78, 5) is 2.29. The number of benzene rings is 1. The second kappa shape index (κ2) is 7.14. The first kappa shape index (κ1) is 15.4. The van der Waals surface area contributed by atoms with Crippen LogP contribution in [-0.4, -0.2) is 24.5 Å². The topological polar surface area (TPSA) is 29.3 Å². The van der Waals surface area contributed by atoms with Gasteiger partial charge in [-0.1, -0.05) is 25.8 Å². The van der Waals surface area contributed by atoms with E-state index in [2.05, 4.69) is 11.8 Å². The minimum Gasteiger partial charge on any atom is -0.323 e. The van der Waals surface area contributed by atoms with E-state index < -0.39 is 17.7 Å². The lowest BCUT2D eigenvalue weighted by molar-refractivity contribution is 0.169. The summed E-state index contributed by atoms with van der Waals surface area (Å²) in [6, 6.07) is 3.24. The van der Waals surface area contributed by atoms with Gasteiger partial charge in [-0.3, -0.25) is 0 Å². The van der Waals surface area contributed by atoms with Crippen molar-refractivity contribution in [1.82, 2.24) is 4.90 Å². The average molecular weight is 282 g/mol. The fourth-order valence-corrected chi connectivity index (χ4v) is 3.04. The summed E-state index contributed by atoms with van der Waals surface area (Å²) in [7, 11) is 0. The van der Waals surface area contributed by atoms with Crippen LogP contribution in [0.2, 0.25) is 0 Å². The van der Waals surface area contributed by atoms with Crippen LogP contribution in [0.3, 0.4) is 0 Å². The van der Waals surface area contributed by atoms with Gasteiger partial charge in [-0.25, -0.2) is 8.78 Å². The SMILES string of the molecule is CCCC1CCN(CC(N)c2ccc(F)cc2F)CC1. The Bertz CT molecular complexity index is 428. The summed E-state index contributed by atoms with van der Waals surface area (Å²) in [6.45, 7) is 4.92. The molecule has 1 aliphatic rings. The van der Waals surface area contributed by atoms with E-state index in [1.165, 1.54) is 37.8 Å². The summed E-state index contributed by atoms with van der Waals surface area (Å²) in [5.41, 5.74) is 6.47. The highest BCUT2D eigenvalue weighted by atomic mass is 19.1. The maximum atomic E-state index is 13.7. The Balaban J connectivity index is 1.87. The number of nitrogens with zero attached hydrogens (tertiary/aromatic N) is 1. The highest BCUT2D eigenvalue weighted by Crippen LogP contribution is 2.24. The molecule has 0 aromatic heterocycles. The molecule has 0 spiro atoms. The first-order chi connectivity index (χ1) is 9.60. The summed E-state index contributed by atoms with van der Waals surface area (Å²) < 4.78 is 26.6. The Morgan fingerprint density at radius 3 is 2.60 bits per heavy atom. The Hall–Kier alpha value is -1.00. The van der Waals surface area contributed by atoms with Gasteiger partial charge in [-0.05, 0) is 37.9 Å². The molecule has 1 aromatic carbocycles. The monoisotopic (exact) mass is 282 g/mol. The van der Waals surface area contributed by atoms with Gasteiger partial charge in [0.2, 0.25) is 0 Å². The molecule has 4 heteroatoms. The maximum Gasteiger partial charge on any atom is 0.130 e. The van der Waals surface area contributed by atoms with E-state index in [1.54, 1.807) is 0 Å². The molecule has 0 radical (unpaired) electrons. The van der Waals surface area contributed by atoms with E-state index in [0.29, 0.717) is 12.1 Å². The minimum absolute atomic E-state index is 0.390. The number of rotatable bonds is 5. The standard InChI is InChI=1S/C16H24F2N2/c1-2-3-12-6-8-20(9-7-12)11-16(19)14-5-4-13(17)10-15(14)18/h4-5,10,12,16H,2-3,6-9,11,19H2,1H3. The predicted octanol–water partition coefficient (Wildman–Crippen LogP) is 3.48. The van der Waals surface area contributed by atoms with Crippen LogP contribution in [0.15, 0.2) is 18.2 Å². The number of nitrogens with two attached hydrogens (primary N) is 1. The molecule has 1 atom stereocenters. The van der Waals surface area contributed by atoms with E-state index in [0.717, 1.165) is 25.1 Å². The zero-order valence-corrected chi connectivity index (χ0v) is 12.1. The molecule has 2 rings (SSSR count). The predicted molar refractivity (Wildman–Crippen MR) is 77.4 cm³/mol.